The number of anilines is 2. The predicted octanol–water partition coefficient (Wildman–Crippen LogP) is 4.34. The van der Waals surface area contributed by atoms with Crippen LogP contribution in [0.4, 0.5) is 16.2 Å². The molecule has 10 heteroatoms. The standard InChI is InChI=1S/C32H38N4O6/c1-21-16-36(22(2)19-37)31(38)14-24-13-25(33-32(39)34-26-10-12-28-29(15-26)41-20-40-28)9-11-27(24)42-30(21)18-35(3)17-23-7-5-4-6-8-23/h4-13,15,21-22,30,37H,14,16-20H2,1-3H3,(H2,33,34,39)/t21-,22+,30-/m1/s1. The van der Waals surface area contributed by atoms with Crippen molar-refractivity contribution in [3.05, 3.63) is 77.9 Å². The Morgan fingerprint density at radius 2 is 1.71 bits per heavy atom. The number of nitrogens with one attached hydrogen (secondary N) is 2. The number of amides is 3. The maximum Gasteiger partial charge on any atom is 0.323 e. The zero-order valence-electron chi connectivity index (χ0n) is 24.2. The van der Waals surface area contributed by atoms with Crippen LogP contribution in [0.1, 0.15) is 25.0 Å². The fourth-order valence-electron chi connectivity index (χ4n) is 5.26. The second-order valence-corrected chi connectivity index (χ2v) is 11.0. The van der Waals surface area contributed by atoms with Crippen molar-refractivity contribution in [2.45, 2.75) is 39.0 Å². The molecular weight excluding hydrogens is 536 g/mol. The minimum absolute atomic E-state index is 0.00240. The van der Waals surface area contributed by atoms with Gasteiger partial charge in [0.2, 0.25) is 12.7 Å². The summed E-state index contributed by atoms with van der Waals surface area (Å²) in [5.74, 6) is 1.70. The molecule has 5 rings (SSSR count). The summed E-state index contributed by atoms with van der Waals surface area (Å²) in [6.45, 7) is 5.80. The fraction of sp³-hybridized carbons (Fsp3) is 0.375. The maximum absolute atomic E-state index is 13.5. The number of hydrogen-bond acceptors (Lipinski definition) is 7. The second kappa shape index (κ2) is 13.1. The molecule has 0 saturated carbocycles. The molecule has 3 amide bonds. The summed E-state index contributed by atoms with van der Waals surface area (Å²) in [5.41, 5.74) is 2.95. The molecule has 0 unspecified atom stereocenters. The molecule has 3 aromatic rings. The number of carbonyl (C=O) groups is 2. The van der Waals surface area contributed by atoms with Crippen LogP contribution in [0.3, 0.4) is 0 Å². The summed E-state index contributed by atoms with van der Waals surface area (Å²) in [7, 11) is 2.06. The third-order valence-corrected chi connectivity index (χ3v) is 7.59. The Balaban J connectivity index is 1.34. The summed E-state index contributed by atoms with van der Waals surface area (Å²) < 4.78 is 17.3. The van der Waals surface area contributed by atoms with Crippen molar-refractivity contribution in [1.82, 2.24) is 9.80 Å². The van der Waals surface area contributed by atoms with Crippen LogP contribution in [0.25, 0.3) is 0 Å². The van der Waals surface area contributed by atoms with Crippen LogP contribution >= 0.6 is 0 Å². The SMILES string of the molecule is C[C@@H]1CN([C@@H](C)CO)C(=O)Cc2cc(NC(=O)Nc3ccc4c(c3)OCO4)ccc2O[C@@H]1CN(C)Cc1ccccc1. The van der Waals surface area contributed by atoms with Gasteiger partial charge in [-0.05, 0) is 49.9 Å². The second-order valence-electron chi connectivity index (χ2n) is 11.0. The molecule has 0 bridgehead atoms. The van der Waals surface area contributed by atoms with E-state index in [0.29, 0.717) is 47.3 Å². The van der Waals surface area contributed by atoms with Crippen LogP contribution < -0.4 is 24.8 Å². The van der Waals surface area contributed by atoms with Crippen LogP contribution in [0.2, 0.25) is 0 Å². The summed E-state index contributed by atoms with van der Waals surface area (Å²) in [4.78, 5) is 30.2. The van der Waals surface area contributed by atoms with Crippen LogP contribution in [0.15, 0.2) is 66.7 Å². The molecule has 0 saturated heterocycles. The van der Waals surface area contributed by atoms with Crippen molar-refractivity contribution in [3.63, 3.8) is 0 Å². The first-order chi connectivity index (χ1) is 20.3. The van der Waals surface area contributed by atoms with E-state index < -0.39 is 6.03 Å². The molecule has 2 heterocycles. The fourth-order valence-corrected chi connectivity index (χ4v) is 5.26. The van der Waals surface area contributed by atoms with Gasteiger partial charge in [0.1, 0.15) is 11.9 Å². The first-order valence-corrected chi connectivity index (χ1v) is 14.2. The lowest BCUT2D eigenvalue weighted by molar-refractivity contribution is -0.134. The lowest BCUT2D eigenvalue weighted by atomic mass is 10.0. The van der Waals surface area contributed by atoms with Gasteiger partial charge in [0, 0.05) is 48.6 Å². The molecule has 2 aliphatic rings. The normalized spacial score (nSPS) is 18.8. The zero-order chi connectivity index (χ0) is 29.6. The van der Waals surface area contributed by atoms with Gasteiger partial charge in [-0.15, -0.1) is 0 Å². The molecule has 10 nitrogen and oxygen atoms in total. The summed E-state index contributed by atoms with van der Waals surface area (Å²) in [6.07, 6.45) is -0.136. The molecule has 222 valence electrons. The Morgan fingerprint density at radius 1 is 1.02 bits per heavy atom. The molecule has 42 heavy (non-hydrogen) atoms. The number of ether oxygens (including phenoxy) is 3. The number of aliphatic hydroxyl groups excluding tert-OH is 1. The van der Waals surface area contributed by atoms with Gasteiger partial charge in [-0.2, -0.15) is 0 Å². The quantitative estimate of drug-likeness (QED) is 0.367. The van der Waals surface area contributed by atoms with Crippen molar-refractivity contribution in [1.29, 1.82) is 0 Å². The van der Waals surface area contributed by atoms with Gasteiger partial charge in [0.15, 0.2) is 11.5 Å². The number of carbonyl (C=O) groups excluding carboxylic acids is 2. The van der Waals surface area contributed by atoms with E-state index in [1.165, 1.54) is 5.56 Å². The molecule has 3 aromatic carbocycles. The highest BCUT2D eigenvalue weighted by Gasteiger charge is 2.31. The smallest absolute Gasteiger partial charge is 0.323 e. The van der Waals surface area contributed by atoms with E-state index in [4.69, 9.17) is 14.2 Å². The molecule has 0 radical (unpaired) electrons. The molecule has 0 spiro atoms. The Kier molecular flexibility index (Phi) is 9.14. The van der Waals surface area contributed by atoms with Gasteiger partial charge in [-0.25, -0.2) is 4.79 Å². The van der Waals surface area contributed by atoms with Gasteiger partial charge < -0.3 is 34.9 Å². The first-order valence-electron chi connectivity index (χ1n) is 14.2. The van der Waals surface area contributed by atoms with Crippen molar-refractivity contribution in [2.24, 2.45) is 5.92 Å². The average molecular weight is 575 g/mol. The van der Waals surface area contributed by atoms with Gasteiger partial charge in [0.05, 0.1) is 19.1 Å². The van der Waals surface area contributed by atoms with Crippen LogP contribution in [-0.2, 0) is 17.8 Å². The number of nitrogens with zero attached hydrogens (tertiary/aromatic N) is 2. The number of urea groups is 1. The Labute approximate surface area is 246 Å². The first kappa shape index (κ1) is 29.2. The average Bonchev–Trinajstić information content (AvgIpc) is 3.45. The number of aliphatic hydroxyl groups is 1. The van der Waals surface area contributed by atoms with Crippen molar-refractivity contribution < 1.29 is 28.9 Å². The molecule has 0 aliphatic carbocycles. The largest absolute Gasteiger partial charge is 0.488 e. The van der Waals surface area contributed by atoms with Gasteiger partial charge in [-0.1, -0.05) is 37.3 Å². The Bertz CT molecular complexity index is 1400. The minimum Gasteiger partial charge on any atom is -0.488 e. The summed E-state index contributed by atoms with van der Waals surface area (Å²) >= 11 is 0. The number of hydrogen-bond donors (Lipinski definition) is 3. The molecule has 3 N–H and O–H groups in total. The highest BCUT2D eigenvalue weighted by molar-refractivity contribution is 6.00. The molecule has 0 aromatic heterocycles. The highest BCUT2D eigenvalue weighted by atomic mass is 16.7. The molecule has 2 aliphatic heterocycles. The molecule has 3 atom stereocenters. The van der Waals surface area contributed by atoms with E-state index >= 15 is 0 Å². The summed E-state index contributed by atoms with van der Waals surface area (Å²) in [6, 6.07) is 20.0. The number of fused-ring (bicyclic) bond motifs is 2. The van der Waals surface area contributed by atoms with E-state index in [9.17, 15) is 14.7 Å². The van der Waals surface area contributed by atoms with Gasteiger partial charge >= 0.3 is 6.03 Å². The van der Waals surface area contributed by atoms with Crippen LogP contribution in [-0.4, -0.2) is 72.5 Å². The van der Waals surface area contributed by atoms with E-state index in [2.05, 4.69) is 41.6 Å². The van der Waals surface area contributed by atoms with E-state index in [0.717, 1.165) is 6.54 Å². The number of rotatable bonds is 8. The topological polar surface area (TPSA) is 113 Å². The van der Waals surface area contributed by atoms with E-state index in [1.807, 2.05) is 25.1 Å². The summed E-state index contributed by atoms with van der Waals surface area (Å²) in [5, 5.41) is 15.6. The number of likely N-dealkylation sites (N-methyl/N-ethyl adjacent to an activating group) is 1. The highest BCUT2D eigenvalue weighted by Crippen LogP contribution is 2.34. The third kappa shape index (κ3) is 7.13. The lowest BCUT2D eigenvalue weighted by Crippen LogP contribution is -2.47. The molecular formula is C32H38N4O6. The van der Waals surface area contributed by atoms with Gasteiger partial charge in [0.25, 0.3) is 0 Å². The third-order valence-electron chi connectivity index (χ3n) is 7.59. The van der Waals surface area contributed by atoms with Crippen molar-refractivity contribution in [2.75, 3.05) is 44.2 Å². The van der Waals surface area contributed by atoms with Crippen LogP contribution in [0.5, 0.6) is 17.2 Å². The van der Waals surface area contributed by atoms with E-state index in [1.54, 1.807) is 41.3 Å². The van der Waals surface area contributed by atoms with Crippen LogP contribution in [0, 0.1) is 5.92 Å². The Morgan fingerprint density at radius 3 is 2.45 bits per heavy atom. The number of benzene rings is 3. The van der Waals surface area contributed by atoms with Gasteiger partial charge in [-0.3, -0.25) is 9.69 Å². The zero-order valence-corrected chi connectivity index (χ0v) is 24.2. The predicted molar refractivity (Wildman–Crippen MR) is 160 cm³/mol. The van der Waals surface area contributed by atoms with Crippen molar-refractivity contribution in [3.8, 4) is 17.2 Å². The monoisotopic (exact) mass is 574 g/mol. The lowest BCUT2D eigenvalue weighted by Gasteiger charge is -2.34. The van der Waals surface area contributed by atoms with Crippen molar-refractivity contribution >= 4 is 23.3 Å². The Hall–Kier alpha value is -4.28. The molecule has 0 fully saturated rings. The minimum atomic E-state index is -0.436. The van der Waals surface area contributed by atoms with E-state index in [-0.39, 0.29) is 43.8 Å². The maximum atomic E-state index is 13.5.